The summed E-state index contributed by atoms with van der Waals surface area (Å²) in [6, 6.07) is 0.598. The Morgan fingerprint density at radius 1 is 0.571 bits per heavy atom. The molecule has 2 unspecified atom stereocenters. The first kappa shape index (κ1) is 45.9. The third-order valence-corrected chi connectivity index (χ3v) is 10.9. The number of carbonyl (C=O) groups is 2. The van der Waals surface area contributed by atoms with Gasteiger partial charge in [-0.15, -0.1) is 0 Å². The van der Waals surface area contributed by atoms with Crippen LogP contribution in [0.4, 0.5) is 0 Å². The largest absolute Gasteiger partial charge is 0.465 e. The van der Waals surface area contributed by atoms with Crippen molar-refractivity contribution in [2.45, 2.75) is 219 Å². The molecule has 1 fully saturated rings. The van der Waals surface area contributed by atoms with Crippen LogP contribution in [0.1, 0.15) is 213 Å². The zero-order valence-electron chi connectivity index (χ0n) is 33.0. The summed E-state index contributed by atoms with van der Waals surface area (Å²) in [4.78, 5) is 28.3. The number of ether oxygens (including phenoxy) is 2. The Kier molecular flexibility index (Phi) is 31.8. The van der Waals surface area contributed by atoms with Crippen LogP contribution in [0.3, 0.4) is 0 Å². The normalized spacial score (nSPS) is 15.0. The highest BCUT2D eigenvalue weighted by Gasteiger charge is 2.22. The molecule has 1 N–H and O–H groups in total. The van der Waals surface area contributed by atoms with Gasteiger partial charge in [-0.2, -0.15) is 0 Å². The molecule has 0 aromatic carbocycles. The van der Waals surface area contributed by atoms with Crippen LogP contribution in [-0.4, -0.2) is 60.9 Å². The van der Waals surface area contributed by atoms with E-state index in [0.29, 0.717) is 38.0 Å². The summed E-state index contributed by atoms with van der Waals surface area (Å²) in [6.07, 6.45) is 34.9. The molecule has 1 aliphatic rings. The first-order chi connectivity index (χ1) is 24.0. The lowest BCUT2D eigenvalue weighted by Gasteiger charge is -2.34. The lowest BCUT2D eigenvalue weighted by molar-refractivity contribution is -0.150. The van der Waals surface area contributed by atoms with Crippen LogP contribution >= 0.6 is 0 Å². The minimum absolute atomic E-state index is 0.0361. The number of nitrogens with zero attached hydrogens (tertiary/aromatic N) is 1. The molecule has 0 aromatic heterocycles. The van der Waals surface area contributed by atoms with E-state index in [9.17, 15) is 14.7 Å². The maximum Gasteiger partial charge on any atom is 0.306 e. The van der Waals surface area contributed by atoms with Crippen molar-refractivity contribution in [3.05, 3.63) is 0 Å². The molecule has 0 saturated heterocycles. The van der Waals surface area contributed by atoms with Crippen molar-refractivity contribution in [1.29, 1.82) is 0 Å². The number of unbranched alkanes of at least 4 members (excludes halogenated alkanes) is 16. The number of rotatable bonds is 35. The molecule has 1 aliphatic carbocycles. The molecule has 0 spiro atoms. The molecule has 2 atom stereocenters. The Morgan fingerprint density at radius 3 is 1.61 bits per heavy atom. The number of hydrogen-bond acceptors (Lipinski definition) is 6. The molecule has 0 aliphatic heterocycles. The summed E-state index contributed by atoms with van der Waals surface area (Å²) < 4.78 is 11.7. The Hall–Kier alpha value is -1.14. The second kappa shape index (κ2) is 34.0. The zero-order valence-corrected chi connectivity index (χ0v) is 33.0. The Bertz CT molecular complexity index is 740. The molecule has 0 aromatic rings. The molecule has 1 saturated carbocycles. The Labute approximate surface area is 304 Å². The highest BCUT2D eigenvalue weighted by molar-refractivity contribution is 5.70. The summed E-state index contributed by atoms with van der Waals surface area (Å²) in [5, 5.41) is 9.68. The van der Waals surface area contributed by atoms with E-state index < -0.39 is 0 Å². The van der Waals surface area contributed by atoms with Crippen LogP contribution in [0.2, 0.25) is 0 Å². The topological polar surface area (TPSA) is 76.1 Å². The van der Waals surface area contributed by atoms with Crippen LogP contribution in [0, 0.1) is 11.8 Å². The van der Waals surface area contributed by atoms with Crippen molar-refractivity contribution < 1.29 is 24.2 Å². The standard InChI is InChI=1S/C43H83NO5/c1-4-7-10-13-15-16-18-24-32-42(46)48-37-40(29-25-26-33-44(34-35-45)41-30-22-19-23-31-41)38-49-43(47)36-39(27-20-12-9-6-3)28-21-17-14-11-8-5-2/h39-41,45H,4-38H2,1-3H3. The van der Waals surface area contributed by atoms with E-state index in [1.807, 2.05) is 0 Å². The SMILES string of the molecule is CCCCCCCCCCC(=O)OCC(CCCCN(CCO)C1CCCCC1)COC(=O)CC(CCCCCC)CCCCCCCC. The minimum atomic E-state index is -0.111. The fourth-order valence-corrected chi connectivity index (χ4v) is 7.63. The summed E-state index contributed by atoms with van der Waals surface area (Å²) in [5.41, 5.74) is 0. The second-order valence-corrected chi connectivity index (χ2v) is 15.5. The molecular formula is C43H83NO5. The Balaban J connectivity index is 2.60. The molecule has 6 nitrogen and oxygen atoms in total. The van der Waals surface area contributed by atoms with Gasteiger partial charge in [-0.25, -0.2) is 0 Å². The number of aliphatic hydroxyl groups excluding tert-OH is 1. The molecule has 49 heavy (non-hydrogen) atoms. The quantitative estimate of drug-likeness (QED) is 0.0526. The molecule has 0 heterocycles. The van der Waals surface area contributed by atoms with E-state index in [0.717, 1.165) is 58.0 Å². The van der Waals surface area contributed by atoms with E-state index in [4.69, 9.17) is 9.47 Å². The Morgan fingerprint density at radius 2 is 1.04 bits per heavy atom. The third-order valence-electron chi connectivity index (χ3n) is 10.9. The van der Waals surface area contributed by atoms with E-state index in [-0.39, 0.29) is 24.5 Å². The van der Waals surface area contributed by atoms with E-state index >= 15 is 0 Å². The average molecular weight is 694 g/mol. The molecular weight excluding hydrogens is 610 g/mol. The van der Waals surface area contributed by atoms with Crippen LogP contribution in [-0.2, 0) is 19.1 Å². The molecule has 0 amide bonds. The number of esters is 2. The number of aliphatic hydroxyl groups is 1. The van der Waals surface area contributed by atoms with Crippen molar-refractivity contribution in [2.24, 2.45) is 11.8 Å². The summed E-state index contributed by atoms with van der Waals surface area (Å²) >= 11 is 0. The van der Waals surface area contributed by atoms with Gasteiger partial charge in [0.2, 0.25) is 0 Å². The molecule has 0 radical (unpaired) electrons. The van der Waals surface area contributed by atoms with Crippen LogP contribution < -0.4 is 0 Å². The third kappa shape index (κ3) is 27.2. The minimum Gasteiger partial charge on any atom is -0.465 e. The lowest BCUT2D eigenvalue weighted by Crippen LogP contribution is -2.39. The van der Waals surface area contributed by atoms with E-state index in [1.165, 1.54) is 135 Å². The van der Waals surface area contributed by atoms with Crippen molar-refractivity contribution in [2.75, 3.05) is 32.9 Å². The van der Waals surface area contributed by atoms with Crippen molar-refractivity contribution in [1.82, 2.24) is 4.90 Å². The van der Waals surface area contributed by atoms with Crippen molar-refractivity contribution in [3.63, 3.8) is 0 Å². The van der Waals surface area contributed by atoms with Gasteiger partial charge in [0.1, 0.15) is 0 Å². The molecule has 290 valence electrons. The van der Waals surface area contributed by atoms with Gasteiger partial charge in [-0.05, 0) is 57.4 Å². The highest BCUT2D eigenvalue weighted by atomic mass is 16.5. The number of hydrogen-bond donors (Lipinski definition) is 1. The van der Waals surface area contributed by atoms with Gasteiger partial charge in [0.05, 0.1) is 19.8 Å². The smallest absolute Gasteiger partial charge is 0.306 e. The van der Waals surface area contributed by atoms with Crippen molar-refractivity contribution in [3.8, 4) is 0 Å². The van der Waals surface area contributed by atoms with Gasteiger partial charge >= 0.3 is 11.9 Å². The van der Waals surface area contributed by atoms with Gasteiger partial charge in [-0.3, -0.25) is 14.5 Å². The summed E-state index contributed by atoms with van der Waals surface area (Å²) in [5.74, 6) is 0.262. The van der Waals surface area contributed by atoms with Crippen LogP contribution in [0.15, 0.2) is 0 Å². The van der Waals surface area contributed by atoms with Gasteiger partial charge in [0, 0.05) is 31.3 Å². The maximum atomic E-state index is 13.2. The summed E-state index contributed by atoms with van der Waals surface area (Å²) in [6.45, 7) is 9.38. The van der Waals surface area contributed by atoms with Gasteiger partial charge in [0.25, 0.3) is 0 Å². The fraction of sp³-hybridized carbons (Fsp3) is 0.953. The maximum absolute atomic E-state index is 13.2. The van der Waals surface area contributed by atoms with Crippen molar-refractivity contribution >= 4 is 11.9 Å². The fourth-order valence-electron chi connectivity index (χ4n) is 7.63. The highest BCUT2D eigenvalue weighted by Crippen LogP contribution is 2.25. The monoisotopic (exact) mass is 694 g/mol. The van der Waals surface area contributed by atoms with Gasteiger partial charge < -0.3 is 14.6 Å². The zero-order chi connectivity index (χ0) is 35.6. The molecule has 0 bridgehead atoms. The lowest BCUT2D eigenvalue weighted by atomic mass is 9.91. The average Bonchev–Trinajstić information content (AvgIpc) is 3.11. The predicted octanol–water partition coefficient (Wildman–Crippen LogP) is 11.7. The van der Waals surface area contributed by atoms with E-state index in [1.54, 1.807) is 0 Å². The molecule has 1 rings (SSSR count). The number of carbonyl (C=O) groups excluding carboxylic acids is 2. The van der Waals surface area contributed by atoms with Crippen LogP contribution in [0.5, 0.6) is 0 Å². The van der Waals surface area contributed by atoms with Gasteiger partial charge in [0.15, 0.2) is 0 Å². The first-order valence-corrected chi connectivity index (χ1v) is 21.7. The first-order valence-electron chi connectivity index (χ1n) is 21.7. The summed E-state index contributed by atoms with van der Waals surface area (Å²) in [7, 11) is 0. The predicted molar refractivity (Wildman–Crippen MR) is 207 cm³/mol. The second-order valence-electron chi connectivity index (χ2n) is 15.5. The van der Waals surface area contributed by atoms with Crippen LogP contribution in [0.25, 0.3) is 0 Å². The van der Waals surface area contributed by atoms with E-state index in [2.05, 4.69) is 25.7 Å². The van der Waals surface area contributed by atoms with Gasteiger partial charge in [-0.1, -0.05) is 156 Å². The molecule has 6 heteroatoms.